The highest BCUT2D eigenvalue weighted by atomic mass is 16.5. The van der Waals surface area contributed by atoms with E-state index in [-0.39, 0.29) is 18.6 Å². The number of unbranched alkanes of at least 4 members (excludes halogenated alkanes) is 1. The molecule has 1 amide bonds. The zero-order valence-corrected chi connectivity index (χ0v) is 15.7. The number of hydrogen-bond donors (Lipinski definition) is 1. The number of nitrogens with one attached hydrogen (secondary N) is 1. The zero-order valence-electron chi connectivity index (χ0n) is 15.7. The van der Waals surface area contributed by atoms with Crippen molar-refractivity contribution in [2.45, 2.75) is 18.9 Å². The van der Waals surface area contributed by atoms with Gasteiger partial charge in [0, 0.05) is 19.6 Å². The van der Waals surface area contributed by atoms with Crippen LogP contribution in [0.25, 0.3) is 0 Å². The number of carbonyl (C=O) groups excluding carboxylic acids is 1. The maximum Gasteiger partial charge on any atom is 0.257 e. The van der Waals surface area contributed by atoms with E-state index in [1.807, 2.05) is 36.4 Å². The summed E-state index contributed by atoms with van der Waals surface area (Å²) in [5.74, 6) is 0.641. The second-order valence-corrected chi connectivity index (χ2v) is 6.73. The molecule has 1 atom stereocenters. The summed E-state index contributed by atoms with van der Waals surface area (Å²) in [6, 6.07) is 19.8. The van der Waals surface area contributed by atoms with Crippen molar-refractivity contribution in [1.82, 2.24) is 10.2 Å². The monoisotopic (exact) mass is 368 g/mol. The van der Waals surface area contributed by atoms with Crippen LogP contribution >= 0.6 is 0 Å². The Hall–Kier alpha value is -2.37. The van der Waals surface area contributed by atoms with Gasteiger partial charge >= 0.3 is 0 Å². The van der Waals surface area contributed by atoms with E-state index < -0.39 is 0 Å². The smallest absolute Gasteiger partial charge is 0.257 e. The fraction of sp³-hybridized carbons (Fsp3) is 0.409. The molecule has 1 aliphatic rings. The molecule has 2 aromatic carbocycles. The first-order valence-electron chi connectivity index (χ1n) is 9.65. The molecule has 1 heterocycles. The SMILES string of the molecule is O=C(COc1ccccc1)NCCCCN1CCOC(c2ccccc2)C1. The first-order valence-corrected chi connectivity index (χ1v) is 9.65. The molecule has 5 nitrogen and oxygen atoms in total. The van der Waals surface area contributed by atoms with Crippen molar-refractivity contribution in [3.8, 4) is 5.75 Å². The predicted molar refractivity (Wildman–Crippen MR) is 106 cm³/mol. The van der Waals surface area contributed by atoms with Gasteiger partial charge in [-0.15, -0.1) is 0 Å². The van der Waals surface area contributed by atoms with E-state index in [1.165, 1.54) is 5.56 Å². The van der Waals surface area contributed by atoms with Gasteiger partial charge in [-0.2, -0.15) is 0 Å². The van der Waals surface area contributed by atoms with Crippen molar-refractivity contribution in [1.29, 1.82) is 0 Å². The van der Waals surface area contributed by atoms with Crippen LogP contribution < -0.4 is 10.1 Å². The van der Waals surface area contributed by atoms with Crippen LogP contribution in [-0.2, 0) is 9.53 Å². The Labute approximate surface area is 161 Å². The molecule has 1 aliphatic heterocycles. The van der Waals surface area contributed by atoms with Gasteiger partial charge < -0.3 is 14.8 Å². The zero-order chi connectivity index (χ0) is 18.7. The lowest BCUT2D eigenvalue weighted by Gasteiger charge is -2.33. The van der Waals surface area contributed by atoms with Gasteiger partial charge in [-0.1, -0.05) is 48.5 Å². The number of ether oxygens (including phenoxy) is 2. The normalized spacial score (nSPS) is 17.4. The predicted octanol–water partition coefficient (Wildman–Crippen LogP) is 3.04. The molecule has 0 aromatic heterocycles. The highest BCUT2D eigenvalue weighted by Gasteiger charge is 2.21. The van der Waals surface area contributed by atoms with E-state index >= 15 is 0 Å². The molecular formula is C22H28N2O3. The minimum absolute atomic E-state index is 0.0617. The largest absolute Gasteiger partial charge is 0.484 e. The van der Waals surface area contributed by atoms with Crippen molar-refractivity contribution >= 4 is 5.91 Å². The quantitative estimate of drug-likeness (QED) is 0.691. The lowest BCUT2D eigenvalue weighted by Crippen LogP contribution is -2.39. The van der Waals surface area contributed by atoms with Crippen molar-refractivity contribution in [2.24, 2.45) is 0 Å². The molecule has 0 spiro atoms. The highest BCUT2D eigenvalue weighted by molar-refractivity contribution is 5.77. The molecule has 2 aromatic rings. The molecule has 5 heteroatoms. The Morgan fingerprint density at radius 2 is 1.81 bits per heavy atom. The third-order valence-electron chi connectivity index (χ3n) is 4.66. The first kappa shape index (κ1) is 19.4. The lowest BCUT2D eigenvalue weighted by atomic mass is 10.1. The molecule has 1 saturated heterocycles. The third kappa shape index (κ3) is 6.70. The van der Waals surface area contributed by atoms with E-state index in [1.54, 1.807) is 0 Å². The third-order valence-corrected chi connectivity index (χ3v) is 4.66. The van der Waals surface area contributed by atoms with Crippen LogP contribution in [0.5, 0.6) is 5.75 Å². The van der Waals surface area contributed by atoms with Crippen LogP contribution in [0.15, 0.2) is 60.7 Å². The number of para-hydroxylation sites is 1. The number of benzene rings is 2. The van der Waals surface area contributed by atoms with Crippen LogP contribution in [0.2, 0.25) is 0 Å². The van der Waals surface area contributed by atoms with Gasteiger partial charge in [0.25, 0.3) is 5.91 Å². The van der Waals surface area contributed by atoms with Crippen LogP contribution in [0.1, 0.15) is 24.5 Å². The summed E-state index contributed by atoms with van der Waals surface area (Å²) in [6.07, 6.45) is 2.18. The number of carbonyl (C=O) groups is 1. The van der Waals surface area contributed by atoms with E-state index in [2.05, 4.69) is 34.5 Å². The summed E-state index contributed by atoms with van der Waals surface area (Å²) < 4.78 is 11.3. The molecule has 27 heavy (non-hydrogen) atoms. The molecular weight excluding hydrogens is 340 g/mol. The highest BCUT2D eigenvalue weighted by Crippen LogP contribution is 2.21. The van der Waals surface area contributed by atoms with Crippen molar-refractivity contribution in [2.75, 3.05) is 39.4 Å². The Bertz CT molecular complexity index is 678. The molecule has 0 saturated carbocycles. The van der Waals surface area contributed by atoms with Crippen molar-refractivity contribution in [3.63, 3.8) is 0 Å². The van der Waals surface area contributed by atoms with E-state index in [0.717, 1.165) is 39.1 Å². The first-order chi connectivity index (χ1) is 13.3. The molecule has 0 aliphatic carbocycles. The summed E-state index contributed by atoms with van der Waals surface area (Å²) in [4.78, 5) is 14.3. The van der Waals surface area contributed by atoms with E-state index in [0.29, 0.717) is 12.3 Å². The maximum atomic E-state index is 11.8. The maximum absolute atomic E-state index is 11.8. The topological polar surface area (TPSA) is 50.8 Å². The fourth-order valence-electron chi connectivity index (χ4n) is 3.18. The van der Waals surface area contributed by atoms with Crippen LogP contribution in [0, 0.1) is 0 Å². The Kier molecular flexibility index (Phi) is 7.69. The Balaban J connectivity index is 1.27. The minimum atomic E-state index is -0.0747. The van der Waals surface area contributed by atoms with Gasteiger partial charge in [0.2, 0.25) is 0 Å². The van der Waals surface area contributed by atoms with Crippen LogP contribution in [-0.4, -0.2) is 50.2 Å². The standard InChI is InChI=1S/C22H28N2O3/c25-22(18-27-20-11-5-2-6-12-20)23-13-7-8-14-24-15-16-26-21(17-24)19-9-3-1-4-10-19/h1-6,9-12,21H,7-8,13-18H2,(H,23,25). The number of hydrogen-bond acceptors (Lipinski definition) is 4. The Morgan fingerprint density at radius 3 is 2.59 bits per heavy atom. The second kappa shape index (κ2) is 10.7. The molecule has 3 rings (SSSR count). The van der Waals surface area contributed by atoms with Gasteiger partial charge in [0.15, 0.2) is 6.61 Å². The van der Waals surface area contributed by atoms with Crippen molar-refractivity contribution < 1.29 is 14.3 Å². The van der Waals surface area contributed by atoms with Crippen LogP contribution in [0.4, 0.5) is 0 Å². The van der Waals surface area contributed by atoms with Crippen molar-refractivity contribution in [3.05, 3.63) is 66.2 Å². The second-order valence-electron chi connectivity index (χ2n) is 6.73. The number of nitrogens with zero attached hydrogens (tertiary/aromatic N) is 1. The molecule has 1 N–H and O–H groups in total. The van der Waals surface area contributed by atoms with Gasteiger partial charge in [-0.25, -0.2) is 0 Å². The molecule has 0 radical (unpaired) electrons. The summed E-state index contributed by atoms with van der Waals surface area (Å²) in [7, 11) is 0. The Morgan fingerprint density at radius 1 is 1.07 bits per heavy atom. The number of rotatable bonds is 9. The van der Waals surface area contributed by atoms with E-state index in [4.69, 9.17) is 9.47 Å². The van der Waals surface area contributed by atoms with Gasteiger partial charge in [0.1, 0.15) is 5.75 Å². The van der Waals surface area contributed by atoms with Gasteiger partial charge in [0.05, 0.1) is 12.7 Å². The average molecular weight is 368 g/mol. The average Bonchev–Trinajstić information content (AvgIpc) is 2.74. The molecule has 144 valence electrons. The van der Waals surface area contributed by atoms with Gasteiger partial charge in [-0.3, -0.25) is 9.69 Å². The van der Waals surface area contributed by atoms with E-state index in [9.17, 15) is 4.79 Å². The summed E-state index contributed by atoms with van der Waals surface area (Å²) >= 11 is 0. The number of amides is 1. The summed E-state index contributed by atoms with van der Waals surface area (Å²) in [5, 5.41) is 2.92. The molecule has 0 bridgehead atoms. The minimum Gasteiger partial charge on any atom is -0.484 e. The van der Waals surface area contributed by atoms with Gasteiger partial charge in [-0.05, 0) is 37.1 Å². The lowest BCUT2D eigenvalue weighted by molar-refractivity contribution is -0.123. The number of morpholine rings is 1. The van der Waals surface area contributed by atoms with Crippen LogP contribution in [0.3, 0.4) is 0 Å². The summed E-state index contributed by atoms with van der Waals surface area (Å²) in [5.41, 5.74) is 1.24. The molecule has 1 fully saturated rings. The summed E-state index contributed by atoms with van der Waals surface area (Å²) in [6.45, 7) is 4.45. The fourth-order valence-corrected chi connectivity index (χ4v) is 3.18. The molecule has 1 unspecified atom stereocenters.